The fraction of sp³-hybridized carbons (Fsp3) is 0.921. The predicted molar refractivity (Wildman–Crippen MR) is 188 cm³/mol. The summed E-state index contributed by atoms with van der Waals surface area (Å²) in [4.78, 5) is 42.2. The number of ether oxygens (including phenoxy) is 2. The number of unbranched alkanes of at least 4 members (excludes halogenated alkanes) is 16. The predicted octanol–water partition coefficient (Wildman–Crippen LogP) is 8.23. The highest BCUT2D eigenvalue weighted by atomic mass is 16.5. The molecule has 1 N–H and O–H groups in total. The Kier molecular flexibility index (Phi) is 26.1. The second-order valence-corrected chi connectivity index (χ2v) is 13.8. The molecule has 1 aliphatic rings. The number of carbonyl (C=O) groups is 3. The number of likely N-dealkylation sites (N-methyl/N-ethyl adjacent to an activating group) is 1. The molecule has 1 rings (SSSR count). The van der Waals surface area contributed by atoms with E-state index in [4.69, 9.17) is 9.47 Å². The number of rotatable bonds is 30. The molecule has 0 saturated carbocycles. The van der Waals surface area contributed by atoms with E-state index in [0.29, 0.717) is 58.3 Å². The first-order valence-corrected chi connectivity index (χ1v) is 19.3. The molecule has 1 heterocycles. The molecule has 0 aliphatic carbocycles. The van der Waals surface area contributed by atoms with Gasteiger partial charge in [0.25, 0.3) is 0 Å². The average Bonchev–Trinajstić information content (AvgIpc) is 3.07. The molecule has 8 heteroatoms. The highest BCUT2D eigenvalue weighted by molar-refractivity contribution is 5.76. The molecular formula is C38H72N2O6. The molecule has 1 amide bonds. The van der Waals surface area contributed by atoms with E-state index >= 15 is 0 Å². The Morgan fingerprint density at radius 2 is 1.02 bits per heavy atom. The van der Waals surface area contributed by atoms with E-state index in [2.05, 4.69) is 18.7 Å². The smallest absolute Gasteiger partial charge is 0.305 e. The van der Waals surface area contributed by atoms with E-state index in [1.54, 1.807) is 0 Å². The third-order valence-electron chi connectivity index (χ3n) is 9.73. The van der Waals surface area contributed by atoms with Crippen LogP contribution in [0, 0.1) is 5.41 Å². The summed E-state index contributed by atoms with van der Waals surface area (Å²) in [6.07, 6.45) is 24.2. The summed E-state index contributed by atoms with van der Waals surface area (Å²) >= 11 is 0. The molecule has 0 aromatic rings. The zero-order chi connectivity index (χ0) is 33.7. The Morgan fingerprint density at radius 1 is 0.609 bits per heavy atom. The Bertz CT molecular complexity index is 728. The van der Waals surface area contributed by atoms with Crippen LogP contribution in [0.5, 0.6) is 0 Å². The van der Waals surface area contributed by atoms with Gasteiger partial charge in [-0.15, -0.1) is 0 Å². The van der Waals surface area contributed by atoms with Crippen molar-refractivity contribution in [1.29, 1.82) is 0 Å². The average molecular weight is 653 g/mol. The molecule has 0 spiro atoms. The van der Waals surface area contributed by atoms with Gasteiger partial charge >= 0.3 is 11.9 Å². The molecule has 0 aromatic heterocycles. The van der Waals surface area contributed by atoms with Crippen molar-refractivity contribution >= 4 is 17.8 Å². The summed E-state index contributed by atoms with van der Waals surface area (Å²) in [6, 6.07) is 0. The SMILES string of the molecule is CCCCCCCCCCCC(=O)OCC1(COC(=O)CCCCCCCCCCC)CCN(C(=O)CCN(CC)CCO)CC1. The molecule has 0 bridgehead atoms. The Hall–Kier alpha value is -1.67. The number of hydrogen-bond acceptors (Lipinski definition) is 7. The summed E-state index contributed by atoms with van der Waals surface area (Å²) in [5, 5.41) is 9.24. The largest absolute Gasteiger partial charge is 0.465 e. The molecule has 1 saturated heterocycles. The third-order valence-corrected chi connectivity index (χ3v) is 9.73. The second-order valence-electron chi connectivity index (χ2n) is 13.8. The minimum absolute atomic E-state index is 0.0873. The number of nitrogens with zero attached hydrogens (tertiary/aromatic N) is 2. The standard InChI is InChI=1S/C38H72N2O6/c1-4-7-9-11-13-15-17-19-21-23-36(43)45-33-38(34-46-37(44)24-22-20-18-16-14-12-10-8-5-2)26-29-40(30-27-38)35(42)25-28-39(6-3)31-32-41/h41H,4-34H2,1-3H3. The molecular weight excluding hydrogens is 580 g/mol. The number of hydrogen-bond donors (Lipinski definition) is 1. The first-order chi connectivity index (χ1) is 22.4. The molecule has 0 radical (unpaired) electrons. The normalized spacial score (nSPS) is 14.5. The summed E-state index contributed by atoms with van der Waals surface area (Å²) in [5.74, 6) is -0.245. The summed E-state index contributed by atoms with van der Waals surface area (Å²) < 4.78 is 11.6. The van der Waals surface area contributed by atoms with Gasteiger partial charge in [-0.25, -0.2) is 0 Å². The van der Waals surface area contributed by atoms with Crippen LogP contribution in [-0.2, 0) is 23.9 Å². The van der Waals surface area contributed by atoms with Crippen molar-refractivity contribution in [2.24, 2.45) is 5.41 Å². The van der Waals surface area contributed by atoms with Gasteiger partial charge in [0.1, 0.15) is 13.2 Å². The number of likely N-dealkylation sites (tertiary alicyclic amines) is 1. The monoisotopic (exact) mass is 653 g/mol. The number of carbonyl (C=O) groups excluding carboxylic acids is 3. The van der Waals surface area contributed by atoms with E-state index in [9.17, 15) is 19.5 Å². The van der Waals surface area contributed by atoms with E-state index in [-0.39, 0.29) is 37.7 Å². The number of amides is 1. The van der Waals surface area contributed by atoms with Crippen LogP contribution in [-0.4, -0.2) is 85.3 Å². The van der Waals surface area contributed by atoms with Crippen LogP contribution in [0.4, 0.5) is 0 Å². The van der Waals surface area contributed by atoms with E-state index in [1.165, 1.54) is 77.0 Å². The highest BCUT2D eigenvalue weighted by Crippen LogP contribution is 2.33. The fourth-order valence-corrected chi connectivity index (χ4v) is 6.31. The quantitative estimate of drug-likeness (QED) is 0.0617. The topological polar surface area (TPSA) is 96.4 Å². The van der Waals surface area contributed by atoms with Gasteiger partial charge in [-0.2, -0.15) is 0 Å². The lowest BCUT2D eigenvalue weighted by atomic mass is 9.79. The molecule has 0 atom stereocenters. The van der Waals surface area contributed by atoms with Crippen molar-refractivity contribution in [3.05, 3.63) is 0 Å². The van der Waals surface area contributed by atoms with Gasteiger partial charge in [-0.3, -0.25) is 14.4 Å². The molecule has 1 fully saturated rings. The van der Waals surface area contributed by atoms with Gasteiger partial charge in [0.05, 0.1) is 6.61 Å². The molecule has 1 aliphatic heterocycles. The lowest BCUT2D eigenvalue weighted by molar-refractivity contribution is -0.158. The lowest BCUT2D eigenvalue weighted by Crippen LogP contribution is -2.48. The summed E-state index contributed by atoms with van der Waals surface area (Å²) in [5.41, 5.74) is -0.453. The van der Waals surface area contributed by atoms with Crippen molar-refractivity contribution in [2.45, 2.75) is 168 Å². The van der Waals surface area contributed by atoms with Crippen LogP contribution in [0.1, 0.15) is 168 Å². The first-order valence-electron chi connectivity index (χ1n) is 19.3. The van der Waals surface area contributed by atoms with Crippen molar-refractivity contribution in [1.82, 2.24) is 9.80 Å². The van der Waals surface area contributed by atoms with Crippen LogP contribution in [0.3, 0.4) is 0 Å². The van der Waals surface area contributed by atoms with E-state index in [0.717, 1.165) is 45.1 Å². The van der Waals surface area contributed by atoms with E-state index < -0.39 is 5.41 Å². The number of aliphatic hydroxyl groups excluding tert-OH is 1. The Balaban J connectivity index is 2.50. The van der Waals surface area contributed by atoms with Crippen LogP contribution in [0.25, 0.3) is 0 Å². The molecule has 46 heavy (non-hydrogen) atoms. The zero-order valence-electron chi connectivity index (χ0n) is 30.3. The number of esters is 2. The van der Waals surface area contributed by atoms with E-state index in [1.807, 2.05) is 11.8 Å². The maximum absolute atomic E-state index is 12.9. The van der Waals surface area contributed by atoms with Crippen molar-refractivity contribution in [3.8, 4) is 0 Å². The molecule has 8 nitrogen and oxygen atoms in total. The Labute approximate surface area is 282 Å². The van der Waals surface area contributed by atoms with Gasteiger partial charge < -0.3 is 24.4 Å². The zero-order valence-corrected chi connectivity index (χ0v) is 30.3. The fourth-order valence-electron chi connectivity index (χ4n) is 6.31. The Morgan fingerprint density at radius 3 is 1.41 bits per heavy atom. The number of aliphatic hydroxyl groups is 1. The van der Waals surface area contributed by atoms with Crippen LogP contribution in [0.2, 0.25) is 0 Å². The van der Waals surface area contributed by atoms with Crippen LogP contribution >= 0.6 is 0 Å². The maximum Gasteiger partial charge on any atom is 0.305 e. The van der Waals surface area contributed by atoms with Crippen molar-refractivity contribution in [3.63, 3.8) is 0 Å². The summed E-state index contributed by atoms with van der Waals surface area (Å²) in [7, 11) is 0. The molecule has 270 valence electrons. The van der Waals surface area contributed by atoms with Gasteiger partial charge in [0, 0.05) is 50.9 Å². The highest BCUT2D eigenvalue weighted by Gasteiger charge is 2.38. The minimum atomic E-state index is -0.453. The van der Waals surface area contributed by atoms with Crippen LogP contribution in [0.15, 0.2) is 0 Å². The van der Waals surface area contributed by atoms with Crippen molar-refractivity contribution < 1.29 is 29.0 Å². The third kappa shape index (κ3) is 21.3. The molecule has 0 unspecified atom stereocenters. The second kappa shape index (κ2) is 28.4. The van der Waals surface area contributed by atoms with Gasteiger partial charge in [-0.1, -0.05) is 124 Å². The minimum Gasteiger partial charge on any atom is -0.465 e. The number of piperidine rings is 1. The van der Waals surface area contributed by atoms with Gasteiger partial charge in [-0.05, 0) is 32.2 Å². The molecule has 0 aromatic carbocycles. The maximum atomic E-state index is 12.9. The van der Waals surface area contributed by atoms with Crippen molar-refractivity contribution in [2.75, 3.05) is 52.5 Å². The van der Waals surface area contributed by atoms with Gasteiger partial charge in [0.2, 0.25) is 5.91 Å². The first kappa shape index (κ1) is 42.4. The summed E-state index contributed by atoms with van der Waals surface area (Å²) in [6.45, 7) is 10.2. The van der Waals surface area contributed by atoms with Gasteiger partial charge in [0.15, 0.2) is 0 Å². The van der Waals surface area contributed by atoms with Crippen LogP contribution < -0.4 is 0 Å². The lowest BCUT2D eigenvalue weighted by Gasteiger charge is -2.41.